The molecule has 1 amide bonds. The maximum absolute atomic E-state index is 10.5. The summed E-state index contributed by atoms with van der Waals surface area (Å²) >= 11 is 0. The van der Waals surface area contributed by atoms with Crippen molar-refractivity contribution in [3.8, 4) is 0 Å². The number of carbonyl (C=O) groups excluding carboxylic acids is 1. The molecule has 0 aromatic rings. The van der Waals surface area contributed by atoms with E-state index in [1.54, 1.807) is 0 Å². The summed E-state index contributed by atoms with van der Waals surface area (Å²) in [7, 11) is 0. The number of hydrogen-bond acceptors (Lipinski definition) is 2. The van der Waals surface area contributed by atoms with Crippen LogP contribution in [0.15, 0.2) is 0 Å². The first kappa shape index (κ1) is 12.4. The Bertz CT molecular complexity index is 135. The van der Waals surface area contributed by atoms with Crippen LogP contribution in [0, 0.1) is 5.92 Å². The van der Waals surface area contributed by atoms with Crippen LogP contribution < -0.4 is 5.32 Å². The summed E-state index contributed by atoms with van der Waals surface area (Å²) in [5, 5.41) is 2.75. The molecule has 1 N–H and O–H groups in total. The van der Waals surface area contributed by atoms with Crippen LogP contribution in [0.5, 0.6) is 0 Å². The zero-order valence-corrected chi connectivity index (χ0v) is 8.93. The molecule has 0 aliphatic rings. The minimum absolute atomic E-state index is 0.0445. The highest BCUT2D eigenvalue weighted by atomic mass is 16.5. The van der Waals surface area contributed by atoms with Crippen LogP contribution in [0.3, 0.4) is 0 Å². The lowest BCUT2D eigenvalue weighted by Crippen LogP contribution is -2.21. The number of rotatable bonds is 7. The minimum Gasteiger partial charge on any atom is -0.381 e. The first-order chi connectivity index (χ1) is 6.13. The Morgan fingerprint density at radius 2 is 2.08 bits per heavy atom. The number of carbonyl (C=O) groups is 1. The van der Waals surface area contributed by atoms with E-state index < -0.39 is 0 Å². The normalized spacial score (nSPS) is 10.5. The summed E-state index contributed by atoms with van der Waals surface area (Å²) < 4.78 is 5.39. The lowest BCUT2D eigenvalue weighted by Gasteiger charge is -2.06. The van der Waals surface area contributed by atoms with E-state index in [1.165, 1.54) is 6.92 Å². The second-order valence-electron chi connectivity index (χ2n) is 3.66. The molecule has 0 radical (unpaired) electrons. The van der Waals surface area contributed by atoms with E-state index in [4.69, 9.17) is 4.74 Å². The first-order valence-electron chi connectivity index (χ1n) is 4.95. The summed E-state index contributed by atoms with van der Waals surface area (Å²) in [6.07, 6.45) is 2.02. The van der Waals surface area contributed by atoms with Crippen LogP contribution in [0.1, 0.15) is 33.6 Å². The molecule has 0 spiro atoms. The Labute approximate surface area is 80.8 Å². The van der Waals surface area contributed by atoms with Crippen LogP contribution in [-0.4, -0.2) is 25.7 Å². The van der Waals surface area contributed by atoms with Gasteiger partial charge in [0.15, 0.2) is 0 Å². The van der Waals surface area contributed by atoms with Crippen molar-refractivity contribution >= 4 is 5.91 Å². The molecule has 3 nitrogen and oxygen atoms in total. The molecular formula is C10H21NO2. The zero-order valence-electron chi connectivity index (χ0n) is 8.93. The van der Waals surface area contributed by atoms with Gasteiger partial charge in [0.1, 0.15) is 0 Å². The van der Waals surface area contributed by atoms with Crippen molar-refractivity contribution in [2.75, 3.05) is 19.8 Å². The summed E-state index contributed by atoms with van der Waals surface area (Å²) in [6, 6.07) is 0. The summed E-state index contributed by atoms with van der Waals surface area (Å²) in [5.41, 5.74) is 0. The average molecular weight is 187 g/mol. The van der Waals surface area contributed by atoms with Crippen molar-refractivity contribution in [3.05, 3.63) is 0 Å². The Balaban J connectivity index is 2.96. The van der Waals surface area contributed by atoms with E-state index in [2.05, 4.69) is 19.2 Å². The van der Waals surface area contributed by atoms with Gasteiger partial charge in [-0.25, -0.2) is 0 Å². The largest absolute Gasteiger partial charge is 0.381 e. The third kappa shape index (κ3) is 11.4. The third-order valence-corrected chi connectivity index (χ3v) is 1.54. The van der Waals surface area contributed by atoms with Crippen LogP contribution in [0.4, 0.5) is 0 Å². The highest BCUT2D eigenvalue weighted by Gasteiger charge is 1.94. The van der Waals surface area contributed by atoms with Crippen molar-refractivity contribution in [2.24, 2.45) is 5.92 Å². The van der Waals surface area contributed by atoms with Gasteiger partial charge in [-0.1, -0.05) is 13.8 Å². The second kappa shape index (κ2) is 8.05. The number of hydrogen-bond donors (Lipinski definition) is 1. The van der Waals surface area contributed by atoms with Gasteiger partial charge in [-0.3, -0.25) is 4.79 Å². The van der Waals surface area contributed by atoms with Gasteiger partial charge in [0.2, 0.25) is 5.91 Å². The van der Waals surface area contributed by atoms with Crippen molar-refractivity contribution < 1.29 is 9.53 Å². The van der Waals surface area contributed by atoms with Gasteiger partial charge in [0, 0.05) is 26.7 Å². The number of amides is 1. The molecule has 0 aliphatic carbocycles. The second-order valence-corrected chi connectivity index (χ2v) is 3.66. The summed E-state index contributed by atoms with van der Waals surface area (Å²) in [5.74, 6) is 0.651. The Hall–Kier alpha value is -0.570. The van der Waals surface area contributed by atoms with Crippen molar-refractivity contribution in [1.29, 1.82) is 0 Å². The van der Waals surface area contributed by atoms with Gasteiger partial charge in [-0.05, 0) is 18.8 Å². The van der Waals surface area contributed by atoms with E-state index in [-0.39, 0.29) is 5.91 Å². The van der Waals surface area contributed by atoms with Gasteiger partial charge in [0.05, 0.1) is 0 Å². The molecule has 78 valence electrons. The van der Waals surface area contributed by atoms with E-state index in [0.29, 0.717) is 5.92 Å². The van der Waals surface area contributed by atoms with Crippen molar-refractivity contribution in [3.63, 3.8) is 0 Å². The predicted octanol–water partition coefficient (Wildman–Crippen LogP) is 1.58. The van der Waals surface area contributed by atoms with E-state index in [0.717, 1.165) is 32.6 Å². The quantitative estimate of drug-likeness (QED) is 0.614. The molecule has 0 saturated carbocycles. The van der Waals surface area contributed by atoms with E-state index in [9.17, 15) is 4.79 Å². The Kier molecular flexibility index (Phi) is 7.69. The number of nitrogens with one attached hydrogen (secondary N) is 1. The summed E-state index contributed by atoms with van der Waals surface area (Å²) in [6.45, 7) is 8.21. The molecule has 3 heteroatoms. The minimum atomic E-state index is 0.0445. The van der Waals surface area contributed by atoms with Gasteiger partial charge in [-0.15, -0.1) is 0 Å². The van der Waals surface area contributed by atoms with Gasteiger partial charge < -0.3 is 10.1 Å². The average Bonchev–Trinajstić information content (AvgIpc) is 2.01. The summed E-state index contributed by atoms with van der Waals surface area (Å²) in [4.78, 5) is 10.5. The van der Waals surface area contributed by atoms with Crippen LogP contribution in [-0.2, 0) is 9.53 Å². The third-order valence-electron chi connectivity index (χ3n) is 1.54. The molecule has 13 heavy (non-hydrogen) atoms. The predicted molar refractivity (Wildman–Crippen MR) is 53.6 cm³/mol. The van der Waals surface area contributed by atoms with Crippen molar-refractivity contribution in [2.45, 2.75) is 33.6 Å². The first-order valence-corrected chi connectivity index (χ1v) is 4.95. The van der Waals surface area contributed by atoms with E-state index >= 15 is 0 Å². The maximum Gasteiger partial charge on any atom is 0.216 e. The number of ether oxygens (including phenoxy) is 1. The molecule has 0 rings (SSSR count). The molecule has 0 saturated heterocycles. The highest BCUT2D eigenvalue weighted by molar-refractivity contribution is 5.72. The fraction of sp³-hybridized carbons (Fsp3) is 0.900. The standard InChI is InChI=1S/C10H21NO2/c1-9(2)8-13-7-5-4-6-11-10(3)12/h9H,4-8H2,1-3H3,(H,11,12). The molecule has 0 heterocycles. The molecule has 0 fully saturated rings. The SMILES string of the molecule is CC(=O)NCCCCOCC(C)C. The molecule has 0 aromatic heterocycles. The van der Waals surface area contributed by atoms with Crippen molar-refractivity contribution in [1.82, 2.24) is 5.32 Å². The molecule has 0 bridgehead atoms. The molecule has 0 unspecified atom stereocenters. The molecule has 0 aliphatic heterocycles. The van der Waals surface area contributed by atoms with Gasteiger partial charge in [0.25, 0.3) is 0 Å². The molecule has 0 atom stereocenters. The Morgan fingerprint density at radius 3 is 2.62 bits per heavy atom. The van der Waals surface area contributed by atoms with E-state index in [1.807, 2.05) is 0 Å². The van der Waals surface area contributed by atoms with Gasteiger partial charge in [-0.2, -0.15) is 0 Å². The maximum atomic E-state index is 10.5. The van der Waals surface area contributed by atoms with Gasteiger partial charge >= 0.3 is 0 Å². The topological polar surface area (TPSA) is 38.3 Å². The van der Waals surface area contributed by atoms with Crippen LogP contribution in [0.25, 0.3) is 0 Å². The fourth-order valence-corrected chi connectivity index (χ4v) is 0.913. The molecular weight excluding hydrogens is 166 g/mol. The lowest BCUT2D eigenvalue weighted by molar-refractivity contribution is -0.118. The monoisotopic (exact) mass is 187 g/mol. The molecule has 0 aromatic carbocycles. The Morgan fingerprint density at radius 1 is 1.38 bits per heavy atom. The number of unbranched alkanes of at least 4 members (excludes halogenated alkanes) is 1. The zero-order chi connectivity index (χ0) is 10.1. The lowest BCUT2D eigenvalue weighted by atomic mass is 10.2. The van der Waals surface area contributed by atoms with Crippen LogP contribution in [0.2, 0.25) is 0 Å². The fourth-order valence-electron chi connectivity index (χ4n) is 0.913. The van der Waals surface area contributed by atoms with Crippen LogP contribution >= 0.6 is 0 Å². The highest BCUT2D eigenvalue weighted by Crippen LogP contribution is 1.94. The smallest absolute Gasteiger partial charge is 0.216 e.